The summed E-state index contributed by atoms with van der Waals surface area (Å²) in [6.45, 7) is 4.17. The van der Waals surface area contributed by atoms with Crippen molar-refractivity contribution in [3.63, 3.8) is 0 Å². The number of rotatable bonds is 6. The first kappa shape index (κ1) is 23.9. The fraction of sp³-hybridized carbons (Fsp3) is 0.458. The van der Waals surface area contributed by atoms with Crippen LogP contribution in [-0.4, -0.2) is 51.8 Å². The van der Waals surface area contributed by atoms with E-state index in [0.29, 0.717) is 43.4 Å². The molecule has 1 saturated heterocycles. The van der Waals surface area contributed by atoms with Crippen LogP contribution in [0.25, 0.3) is 0 Å². The normalized spacial score (nSPS) is 17.3. The summed E-state index contributed by atoms with van der Waals surface area (Å²) in [7, 11) is -3.85. The zero-order valence-corrected chi connectivity index (χ0v) is 20.6. The molecule has 0 spiro atoms. The van der Waals surface area contributed by atoms with Crippen LogP contribution in [0, 0.1) is 0 Å². The molecule has 2 aromatic carbocycles. The third-order valence-corrected chi connectivity index (χ3v) is 8.34. The Bertz CT molecular complexity index is 1110. The Balaban J connectivity index is 1.57. The van der Waals surface area contributed by atoms with E-state index in [9.17, 15) is 13.2 Å². The van der Waals surface area contributed by atoms with Crippen LogP contribution >= 0.6 is 11.8 Å². The Labute approximate surface area is 199 Å². The number of fused-ring (bicyclic) bond motifs is 1. The lowest BCUT2D eigenvalue weighted by Gasteiger charge is -2.22. The first-order valence-corrected chi connectivity index (χ1v) is 14.0. The van der Waals surface area contributed by atoms with Crippen molar-refractivity contribution in [3.8, 4) is 11.5 Å². The minimum absolute atomic E-state index is 0.0860. The van der Waals surface area contributed by atoms with Gasteiger partial charge in [-0.1, -0.05) is 18.9 Å². The number of hydrogen-bond acceptors (Lipinski definition) is 6. The minimum Gasteiger partial charge on any atom is -0.486 e. The zero-order chi connectivity index (χ0) is 23.4. The van der Waals surface area contributed by atoms with Crippen LogP contribution in [0.3, 0.4) is 0 Å². The van der Waals surface area contributed by atoms with Crippen LogP contribution in [-0.2, 0) is 10.0 Å². The fourth-order valence-electron chi connectivity index (χ4n) is 4.16. The highest BCUT2D eigenvalue weighted by Crippen LogP contribution is 2.33. The van der Waals surface area contributed by atoms with E-state index in [1.54, 1.807) is 31.2 Å². The molecule has 7 nitrogen and oxygen atoms in total. The molecule has 2 aliphatic heterocycles. The van der Waals surface area contributed by atoms with Gasteiger partial charge in [-0.2, -0.15) is 0 Å². The smallest absolute Gasteiger partial charge is 0.255 e. The summed E-state index contributed by atoms with van der Waals surface area (Å²) < 4.78 is 40.3. The zero-order valence-electron chi connectivity index (χ0n) is 19.0. The highest BCUT2D eigenvalue weighted by molar-refractivity contribution is 7.98. The maximum Gasteiger partial charge on any atom is 0.255 e. The van der Waals surface area contributed by atoms with Crippen LogP contribution in [0.2, 0.25) is 0 Å². The van der Waals surface area contributed by atoms with Gasteiger partial charge in [-0.25, -0.2) is 13.1 Å². The van der Waals surface area contributed by atoms with Gasteiger partial charge in [0, 0.05) is 24.0 Å². The van der Waals surface area contributed by atoms with Crippen LogP contribution < -0.4 is 14.2 Å². The molecule has 2 aliphatic rings. The third-order valence-electron chi connectivity index (χ3n) is 6.00. The van der Waals surface area contributed by atoms with Crippen LogP contribution in [0.4, 0.5) is 0 Å². The van der Waals surface area contributed by atoms with Crippen molar-refractivity contribution in [1.82, 2.24) is 9.62 Å². The van der Waals surface area contributed by atoms with Crippen LogP contribution in [0.5, 0.6) is 11.5 Å². The number of nitrogens with zero attached hydrogens (tertiary/aromatic N) is 1. The molecule has 1 atom stereocenters. The van der Waals surface area contributed by atoms with E-state index in [-0.39, 0.29) is 10.8 Å². The third kappa shape index (κ3) is 5.47. The van der Waals surface area contributed by atoms with Crippen molar-refractivity contribution < 1.29 is 22.7 Å². The Morgan fingerprint density at radius 3 is 2.39 bits per heavy atom. The molecule has 178 valence electrons. The van der Waals surface area contributed by atoms with Gasteiger partial charge >= 0.3 is 0 Å². The summed E-state index contributed by atoms with van der Waals surface area (Å²) in [5.74, 6) is 1.17. The summed E-state index contributed by atoms with van der Waals surface area (Å²) in [6, 6.07) is 9.72. The molecule has 1 N–H and O–H groups in total. The van der Waals surface area contributed by atoms with Gasteiger partial charge in [-0.3, -0.25) is 4.79 Å². The Hall–Kier alpha value is -2.23. The SMILES string of the molecule is CSc1ccc(S(=O)(=O)N[C@@H](C)c2ccc3c(c2)OCCO3)cc1C(=O)N1CCCCCC1. The van der Waals surface area contributed by atoms with E-state index in [2.05, 4.69) is 4.72 Å². The van der Waals surface area contributed by atoms with Crippen molar-refractivity contribution >= 4 is 27.7 Å². The van der Waals surface area contributed by atoms with Gasteiger partial charge in [-0.15, -0.1) is 11.8 Å². The molecule has 0 saturated carbocycles. The first-order chi connectivity index (χ1) is 15.9. The molecule has 1 fully saturated rings. The van der Waals surface area contributed by atoms with E-state index < -0.39 is 16.1 Å². The second-order valence-electron chi connectivity index (χ2n) is 8.31. The summed E-state index contributed by atoms with van der Waals surface area (Å²) >= 11 is 1.45. The topological polar surface area (TPSA) is 84.9 Å². The second-order valence-corrected chi connectivity index (χ2v) is 10.9. The number of hydrogen-bond donors (Lipinski definition) is 1. The second kappa shape index (κ2) is 10.4. The lowest BCUT2D eigenvalue weighted by molar-refractivity contribution is 0.0758. The number of sulfonamides is 1. The number of ether oxygens (including phenoxy) is 2. The van der Waals surface area contributed by atoms with Crippen molar-refractivity contribution in [1.29, 1.82) is 0 Å². The summed E-state index contributed by atoms with van der Waals surface area (Å²) in [4.78, 5) is 16.0. The minimum atomic E-state index is -3.85. The Morgan fingerprint density at radius 1 is 1.00 bits per heavy atom. The number of carbonyl (C=O) groups excluding carboxylic acids is 1. The molecule has 4 rings (SSSR count). The lowest BCUT2D eigenvalue weighted by Crippen LogP contribution is -2.32. The van der Waals surface area contributed by atoms with Gasteiger partial charge in [0.05, 0.1) is 10.5 Å². The van der Waals surface area contributed by atoms with E-state index in [1.807, 2.05) is 17.2 Å². The number of carbonyl (C=O) groups is 1. The molecule has 0 unspecified atom stereocenters. The maximum atomic E-state index is 13.3. The number of likely N-dealkylation sites (tertiary alicyclic amines) is 1. The van der Waals surface area contributed by atoms with Gasteiger partial charge in [0.2, 0.25) is 10.0 Å². The highest BCUT2D eigenvalue weighted by atomic mass is 32.2. The maximum absolute atomic E-state index is 13.3. The number of amides is 1. The monoisotopic (exact) mass is 490 g/mol. The lowest BCUT2D eigenvalue weighted by atomic mass is 10.1. The molecule has 1 amide bonds. The molecule has 0 bridgehead atoms. The Morgan fingerprint density at radius 2 is 1.70 bits per heavy atom. The van der Waals surface area contributed by atoms with Gasteiger partial charge < -0.3 is 14.4 Å². The van der Waals surface area contributed by atoms with Gasteiger partial charge in [0.1, 0.15) is 13.2 Å². The molecule has 0 aliphatic carbocycles. The molecular weight excluding hydrogens is 460 g/mol. The van der Waals surface area contributed by atoms with E-state index in [4.69, 9.17) is 9.47 Å². The van der Waals surface area contributed by atoms with Gasteiger partial charge in [0.15, 0.2) is 11.5 Å². The molecule has 0 radical (unpaired) electrons. The number of nitrogens with one attached hydrogen (secondary N) is 1. The van der Waals surface area contributed by atoms with Crippen molar-refractivity contribution in [2.75, 3.05) is 32.6 Å². The predicted molar refractivity (Wildman–Crippen MR) is 129 cm³/mol. The molecule has 2 aromatic rings. The van der Waals surface area contributed by atoms with E-state index in [1.165, 1.54) is 17.8 Å². The quantitative estimate of drug-likeness (QED) is 0.610. The van der Waals surface area contributed by atoms with Crippen molar-refractivity contribution in [2.24, 2.45) is 0 Å². The molecular formula is C24H30N2O5S2. The van der Waals surface area contributed by atoms with Crippen molar-refractivity contribution in [3.05, 3.63) is 47.5 Å². The number of thioether (sulfide) groups is 1. The highest BCUT2D eigenvalue weighted by Gasteiger charge is 2.25. The van der Waals surface area contributed by atoms with Crippen LogP contribution in [0.15, 0.2) is 46.2 Å². The fourth-order valence-corrected chi connectivity index (χ4v) is 5.99. The standard InChI is InChI=1S/C24H30N2O5S2/c1-17(18-7-9-21-22(15-18)31-14-13-30-21)25-33(28,29)19-8-10-23(32-2)20(16-19)24(27)26-11-5-3-4-6-12-26/h7-10,15-17,25H,3-6,11-14H2,1-2H3/t17-/m0/s1. The first-order valence-electron chi connectivity index (χ1n) is 11.3. The summed E-state index contributed by atoms with van der Waals surface area (Å²) in [5.41, 5.74) is 1.21. The largest absolute Gasteiger partial charge is 0.486 e. The Kier molecular flexibility index (Phi) is 7.51. The average Bonchev–Trinajstić information content (AvgIpc) is 3.12. The molecule has 0 aromatic heterocycles. The van der Waals surface area contributed by atoms with Gasteiger partial charge in [-0.05, 0) is 61.9 Å². The molecule has 9 heteroatoms. The van der Waals surface area contributed by atoms with Crippen LogP contribution in [0.1, 0.15) is 54.6 Å². The van der Waals surface area contributed by atoms with Crippen molar-refractivity contribution in [2.45, 2.75) is 48.4 Å². The molecule has 33 heavy (non-hydrogen) atoms. The van der Waals surface area contributed by atoms with Gasteiger partial charge in [0.25, 0.3) is 5.91 Å². The van der Waals surface area contributed by atoms with E-state index in [0.717, 1.165) is 36.1 Å². The molecule has 2 heterocycles. The predicted octanol–water partition coefficient (Wildman–Crippen LogP) is 4.24. The number of benzene rings is 2. The average molecular weight is 491 g/mol. The van der Waals surface area contributed by atoms with E-state index >= 15 is 0 Å². The summed E-state index contributed by atoms with van der Waals surface area (Å²) in [6.07, 6.45) is 6.09. The summed E-state index contributed by atoms with van der Waals surface area (Å²) in [5, 5.41) is 0.